The van der Waals surface area contributed by atoms with Gasteiger partial charge in [0.1, 0.15) is 11.5 Å². The average Bonchev–Trinajstić information content (AvgIpc) is 3.37. The zero-order chi connectivity index (χ0) is 28.2. The van der Waals surface area contributed by atoms with E-state index in [-0.39, 0.29) is 23.2 Å². The van der Waals surface area contributed by atoms with Crippen LogP contribution in [0.2, 0.25) is 5.02 Å². The van der Waals surface area contributed by atoms with Gasteiger partial charge in [-0.2, -0.15) is 5.10 Å². The van der Waals surface area contributed by atoms with Gasteiger partial charge in [-0.25, -0.2) is 9.80 Å². The molecule has 8 nitrogen and oxygen atoms in total. The highest BCUT2D eigenvalue weighted by Crippen LogP contribution is 2.44. The van der Waals surface area contributed by atoms with Crippen LogP contribution in [-0.2, 0) is 9.53 Å². The number of rotatable bonds is 7. The maximum absolute atomic E-state index is 13.5. The minimum atomic E-state index is -0.701. The van der Waals surface area contributed by atoms with Crippen LogP contribution in [0, 0.1) is 5.92 Å². The summed E-state index contributed by atoms with van der Waals surface area (Å²) in [6, 6.07) is 19.6. The fraction of sp³-hybridized carbons (Fsp3) is 0.258. The summed E-state index contributed by atoms with van der Waals surface area (Å²) in [6.07, 6.45) is 4.81. The van der Waals surface area contributed by atoms with Crippen LogP contribution in [0.25, 0.3) is 6.08 Å². The van der Waals surface area contributed by atoms with Crippen molar-refractivity contribution in [2.24, 2.45) is 11.0 Å². The number of allylic oxidation sites excluding steroid dienone is 1. The van der Waals surface area contributed by atoms with E-state index in [1.54, 1.807) is 20.3 Å². The Hall–Kier alpha value is -4.30. The topological polar surface area (TPSA) is 103 Å². The molecule has 5 rings (SSSR count). The Bertz CT molecular complexity index is 1470. The second kappa shape index (κ2) is 11.8. The van der Waals surface area contributed by atoms with Crippen molar-refractivity contribution in [1.82, 2.24) is 5.01 Å². The molecular weight excluding hydrogens is 530 g/mol. The first-order valence-electron chi connectivity index (χ1n) is 13.0. The van der Waals surface area contributed by atoms with Crippen LogP contribution in [0.1, 0.15) is 46.8 Å². The fourth-order valence-corrected chi connectivity index (χ4v) is 5.41. The number of halogens is 1. The summed E-state index contributed by atoms with van der Waals surface area (Å²) in [4.78, 5) is 26.2. The molecule has 3 aromatic rings. The molecule has 0 saturated heterocycles. The monoisotopic (exact) mass is 559 g/mol. The van der Waals surface area contributed by atoms with Crippen LogP contribution >= 0.6 is 11.6 Å². The predicted octanol–water partition coefficient (Wildman–Crippen LogP) is 5.92. The lowest BCUT2D eigenvalue weighted by Crippen LogP contribution is -2.34. The highest BCUT2D eigenvalue weighted by Gasteiger charge is 2.44. The number of benzene rings is 3. The van der Waals surface area contributed by atoms with E-state index in [0.717, 1.165) is 53.2 Å². The highest BCUT2D eigenvalue weighted by atomic mass is 35.5. The number of esters is 1. The second-order valence-corrected chi connectivity index (χ2v) is 10.1. The van der Waals surface area contributed by atoms with E-state index in [0.29, 0.717) is 5.02 Å². The zero-order valence-corrected chi connectivity index (χ0v) is 23.1. The molecule has 0 aromatic heterocycles. The van der Waals surface area contributed by atoms with Gasteiger partial charge in [-0.05, 0) is 84.5 Å². The highest BCUT2D eigenvalue weighted by molar-refractivity contribution is 6.31. The lowest BCUT2D eigenvalue weighted by atomic mass is 9.77. The van der Waals surface area contributed by atoms with E-state index in [1.807, 2.05) is 48.5 Å². The molecule has 1 amide bonds. The Morgan fingerprint density at radius 1 is 1.02 bits per heavy atom. The number of anilines is 1. The third kappa shape index (κ3) is 5.67. The summed E-state index contributed by atoms with van der Waals surface area (Å²) in [7, 11) is 3.25. The van der Waals surface area contributed by atoms with Crippen molar-refractivity contribution in [3.05, 3.63) is 94.0 Å². The molecule has 2 N–H and O–H groups in total. The number of nitrogens with zero attached hydrogens (tertiary/aromatic N) is 2. The van der Waals surface area contributed by atoms with Crippen molar-refractivity contribution in [3.8, 4) is 11.5 Å². The van der Waals surface area contributed by atoms with Crippen LogP contribution in [-0.4, -0.2) is 43.4 Å². The van der Waals surface area contributed by atoms with Gasteiger partial charge in [0.05, 0.1) is 31.5 Å². The molecule has 1 fully saturated rings. The number of methoxy groups -OCH3 is 2. The maximum atomic E-state index is 13.5. The SMILES string of the molecule is COc1ccc(C=C2CCCC3C2=NN(C(=O)COC(=O)c2ccc(Cl)cc2N)C3c2ccc(OC)cc2)cc1. The summed E-state index contributed by atoms with van der Waals surface area (Å²) < 4.78 is 16.0. The molecule has 40 heavy (non-hydrogen) atoms. The number of hydrogen-bond donors (Lipinski definition) is 1. The van der Waals surface area contributed by atoms with E-state index in [2.05, 4.69) is 6.08 Å². The molecule has 1 saturated carbocycles. The predicted molar refractivity (Wildman–Crippen MR) is 154 cm³/mol. The smallest absolute Gasteiger partial charge is 0.340 e. The molecule has 206 valence electrons. The van der Waals surface area contributed by atoms with Crippen molar-refractivity contribution in [2.45, 2.75) is 25.3 Å². The Kier molecular flexibility index (Phi) is 8.07. The summed E-state index contributed by atoms with van der Waals surface area (Å²) in [6.45, 7) is -0.478. The number of amides is 1. The van der Waals surface area contributed by atoms with Crippen molar-refractivity contribution in [3.63, 3.8) is 0 Å². The van der Waals surface area contributed by atoms with E-state index < -0.39 is 18.5 Å². The van der Waals surface area contributed by atoms with E-state index in [1.165, 1.54) is 17.1 Å². The molecule has 2 atom stereocenters. The van der Waals surface area contributed by atoms with Crippen LogP contribution in [0.5, 0.6) is 11.5 Å². The Labute approximate surface area is 238 Å². The normalized spacial score (nSPS) is 19.1. The first-order valence-corrected chi connectivity index (χ1v) is 13.4. The van der Waals surface area contributed by atoms with Gasteiger partial charge in [0, 0.05) is 16.6 Å². The first kappa shape index (κ1) is 27.3. The average molecular weight is 560 g/mol. The first-order chi connectivity index (χ1) is 19.4. The van der Waals surface area contributed by atoms with Crippen LogP contribution in [0.3, 0.4) is 0 Å². The van der Waals surface area contributed by atoms with E-state index in [9.17, 15) is 9.59 Å². The minimum absolute atomic E-state index is 0.00166. The van der Waals surface area contributed by atoms with E-state index in [4.69, 9.17) is 36.6 Å². The maximum Gasteiger partial charge on any atom is 0.340 e. The number of fused-ring (bicyclic) bond motifs is 1. The molecule has 9 heteroatoms. The summed E-state index contributed by atoms with van der Waals surface area (Å²) >= 11 is 5.94. The minimum Gasteiger partial charge on any atom is -0.497 e. The molecule has 3 aromatic carbocycles. The molecule has 1 aliphatic heterocycles. The number of nitrogen functional groups attached to an aromatic ring is 1. The van der Waals surface area contributed by atoms with Crippen LogP contribution in [0.4, 0.5) is 5.69 Å². The van der Waals surface area contributed by atoms with Gasteiger partial charge in [-0.15, -0.1) is 0 Å². The van der Waals surface area contributed by atoms with E-state index >= 15 is 0 Å². The number of nitrogens with two attached hydrogens (primary N) is 1. The Morgan fingerprint density at radius 2 is 1.70 bits per heavy atom. The molecule has 1 heterocycles. The number of hydrogen-bond acceptors (Lipinski definition) is 7. The summed E-state index contributed by atoms with van der Waals surface area (Å²) in [5, 5.41) is 6.71. The fourth-order valence-electron chi connectivity index (χ4n) is 5.23. The van der Waals surface area contributed by atoms with Crippen molar-refractivity contribution in [1.29, 1.82) is 0 Å². The standard InChI is InChI=1S/C31H30ClN3O5/c1-38-23-11-6-19(7-12-23)16-21-4-3-5-26-29(21)34-35(30(26)20-8-13-24(39-2)14-9-20)28(36)18-40-31(37)25-15-10-22(32)17-27(25)33/h6-17,26,30H,3-5,18,33H2,1-2H3. The van der Waals surface area contributed by atoms with Gasteiger partial charge in [0.2, 0.25) is 0 Å². The zero-order valence-electron chi connectivity index (χ0n) is 22.3. The Balaban J connectivity index is 1.43. The molecule has 2 unspecified atom stereocenters. The lowest BCUT2D eigenvalue weighted by molar-refractivity contribution is -0.137. The third-order valence-corrected chi connectivity index (χ3v) is 7.47. The van der Waals surface area contributed by atoms with Gasteiger partial charge in [0.15, 0.2) is 6.61 Å². The number of carbonyl (C=O) groups excluding carboxylic acids is 2. The summed E-state index contributed by atoms with van der Waals surface area (Å²) in [5.41, 5.74) is 10.2. The van der Waals surface area contributed by atoms with Gasteiger partial charge in [0.25, 0.3) is 5.91 Å². The molecule has 1 aliphatic carbocycles. The third-order valence-electron chi connectivity index (χ3n) is 7.23. The van der Waals surface area contributed by atoms with Gasteiger partial charge >= 0.3 is 5.97 Å². The van der Waals surface area contributed by atoms with Gasteiger partial charge in [-0.3, -0.25) is 4.79 Å². The number of carbonyl (C=O) groups is 2. The molecule has 0 spiro atoms. The molecular formula is C31H30ClN3O5. The molecule has 0 bridgehead atoms. The van der Waals surface area contributed by atoms with Crippen LogP contribution in [0.15, 0.2) is 77.4 Å². The van der Waals surface area contributed by atoms with Crippen molar-refractivity contribution in [2.75, 3.05) is 26.6 Å². The Morgan fingerprint density at radius 3 is 2.35 bits per heavy atom. The summed E-state index contributed by atoms with van der Waals surface area (Å²) in [5.74, 6) is 0.380. The van der Waals surface area contributed by atoms with Gasteiger partial charge < -0.3 is 19.9 Å². The number of hydrazone groups is 1. The molecule has 2 aliphatic rings. The molecule has 0 radical (unpaired) electrons. The quantitative estimate of drug-likeness (QED) is 0.285. The second-order valence-electron chi connectivity index (χ2n) is 9.69. The van der Waals surface area contributed by atoms with Crippen molar-refractivity contribution < 1.29 is 23.8 Å². The number of ether oxygens (including phenoxy) is 3. The van der Waals surface area contributed by atoms with Gasteiger partial charge in [-0.1, -0.05) is 35.9 Å². The lowest BCUT2D eigenvalue weighted by Gasteiger charge is -2.29. The van der Waals surface area contributed by atoms with Crippen molar-refractivity contribution >= 4 is 41.0 Å². The largest absolute Gasteiger partial charge is 0.497 e. The van der Waals surface area contributed by atoms with Crippen LogP contribution < -0.4 is 15.2 Å².